The molecule has 1 aromatic carbocycles. The number of para-hydroxylation sites is 1. The Labute approximate surface area is 115 Å². The lowest BCUT2D eigenvalue weighted by atomic mass is 10.0. The van der Waals surface area contributed by atoms with Gasteiger partial charge in [0.25, 0.3) is 0 Å². The molecule has 96 valence electrons. The van der Waals surface area contributed by atoms with Crippen LogP contribution in [0.25, 0.3) is 11.0 Å². The SMILES string of the molecule is C=C(CC)CC(NN)c1cc2cccc(Br)c2o1. The lowest BCUT2D eigenvalue weighted by Crippen LogP contribution is -2.27. The van der Waals surface area contributed by atoms with E-state index < -0.39 is 0 Å². The van der Waals surface area contributed by atoms with Gasteiger partial charge in [0.2, 0.25) is 0 Å². The summed E-state index contributed by atoms with van der Waals surface area (Å²) in [5.74, 6) is 6.45. The van der Waals surface area contributed by atoms with Gasteiger partial charge in [-0.3, -0.25) is 5.84 Å². The summed E-state index contributed by atoms with van der Waals surface area (Å²) in [5.41, 5.74) is 4.80. The molecule has 2 rings (SSSR count). The Bertz CT molecular complexity index is 562. The standard InChI is InChI=1S/C14H17BrN2O/c1-3-9(2)7-12(17-16)13-8-10-5-4-6-11(15)14(10)18-13/h4-6,8,12,17H,2-3,7,16H2,1H3. The highest BCUT2D eigenvalue weighted by molar-refractivity contribution is 9.10. The maximum Gasteiger partial charge on any atom is 0.148 e. The summed E-state index contributed by atoms with van der Waals surface area (Å²) in [6.07, 6.45) is 1.73. The smallest absolute Gasteiger partial charge is 0.148 e. The van der Waals surface area contributed by atoms with Gasteiger partial charge in [-0.25, -0.2) is 5.43 Å². The number of halogens is 1. The fraction of sp³-hybridized carbons (Fsp3) is 0.286. The first-order chi connectivity index (χ1) is 8.65. The zero-order valence-corrected chi connectivity index (χ0v) is 12.0. The van der Waals surface area contributed by atoms with Gasteiger partial charge in [-0.1, -0.05) is 31.2 Å². The minimum absolute atomic E-state index is 0.0308. The summed E-state index contributed by atoms with van der Waals surface area (Å²) in [6.45, 7) is 6.10. The number of nitrogens with two attached hydrogens (primary N) is 1. The van der Waals surface area contributed by atoms with Crippen molar-refractivity contribution in [2.45, 2.75) is 25.8 Å². The number of nitrogens with one attached hydrogen (secondary N) is 1. The zero-order chi connectivity index (χ0) is 13.1. The van der Waals surface area contributed by atoms with Crippen molar-refractivity contribution in [2.24, 2.45) is 5.84 Å². The Morgan fingerprint density at radius 1 is 1.56 bits per heavy atom. The van der Waals surface area contributed by atoms with Gasteiger partial charge in [0.05, 0.1) is 10.5 Å². The molecular formula is C14H17BrN2O. The molecule has 0 saturated carbocycles. The largest absolute Gasteiger partial charge is 0.458 e. The second-order valence-corrected chi connectivity index (χ2v) is 5.19. The van der Waals surface area contributed by atoms with Crippen LogP contribution >= 0.6 is 15.9 Å². The van der Waals surface area contributed by atoms with Crippen molar-refractivity contribution in [3.8, 4) is 0 Å². The van der Waals surface area contributed by atoms with E-state index in [0.717, 1.165) is 39.6 Å². The van der Waals surface area contributed by atoms with Gasteiger partial charge < -0.3 is 4.42 Å². The van der Waals surface area contributed by atoms with Crippen molar-refractivity contribution in [3.05, 3.63) is 46.7 Å². The van der Waals surface area contributed by atoms with E-state index >= 15 is 0 Å². The normalized spacial score (nSPS) is 12.8. The first-order valence-electron chi connectivity index (χ1n) is 5.96. The molecule has 0 aliphatic heterocycles. The molecule has 4 heteroatoms. The maximum absolute atomic E-state index is 5.87. The molecule has 1 atom stereocenters. The lowest BCUT2D eigenvalue weighted by Gasteiger charge is -2.13. The van der Waals surface area contributed by atoms with Crippen LogP contribution in [0.2, 0.25) is 0 Å². The van der Waals surface area contributed by atoms with Crippen LogP contribution in [0.4, 0.5) is 0 Å². The number of furan rings is 1. The first-order valence-corrected chi connectivity index (χ1v) is 6.75. The van der Waals surface area contributed by atoms with Gasteiger partial charge >= 0.3 is 0 Å². The van der Waals surface area contributed by atoms with Crippen LogP contribution in [0.1, 0.15) is 31.6 Å². The third kappa shape index (κ3) is 2.66. The molecule has 3 N–H and O–H groups in total. The van der Waals surface area contributed by atoms with E-state index in [9.17, 15) is 0 Å². The van der Waals surface area contributed by atoms with Crippen LogP contribution < -0.4 is 11.3 Å². The number of fused-ring (bicyclic) bond motifs is 1. The maximum atomic E-state index is 5.87. The Morgan fingerprint density at radius 2 is 2.33 bits per heavy atom. The average Bonchev–Trinajstić information content (AvgIpc) is 2.80. The zero-order valence-electron chi connectivity index (χ0n) is 10.4. The highest BCUT2D eigenvalue weighted by Crippen LogP contribution is 2.31. The quantitative estimate of drug-likeness (QED) is 0.497. The number of hydrogen-bond acceptors (Lipinski definition) is 3. The van der Waals surface area contributed by atoms with Gasteiger partial charge in [0.1, 0.15) is 11.3 Å². The third-order valence-electron chi connectivity index (χ3n) is 3.05. The van der Waals surface area contributed by atoms with E-state index in [1.807, 2.05) is 24.3 Å². The summed E-state index contributed by atoms with van der Waals surface area (Å²) < 4.78 is 6.82. The predicted molar refractivity (Wildman–Crippen MR) is 78.0 cm³/mol. The van der Waals surface area contributed by atoms with Gasteiger partial charge in [-0.2, -0.15) is 0 Å². The van der Waals surface area contributed by atoms with Crippen molar-refractivity contribution in [1.29, 1.82) is 0 Å². The van der Waals surface area contributed by atoms with Crippen LogP contribution in [-0.2, 0) is 0 Å². The Hall–Kier alpha value is -1.10. The Morgan fingerprint density at radius 3 is 2.94 bits per heavy atom. The van der Waals surface area contributed by atoms with Crippen molar-refractivity contribution < 1.29 is 4.42 Å². The van der Waals surface area contributed by atoms with Crippen LogP contribution in [0, 0.1) is 0 Å². The molecule has 0 aliphatic carbocycles. The molecule has 0 saturated heterocycles. The minimum atomic E-state index is -0.0308. The van der Waals surface area contributed by atoms with E-state index in [-0.39, 0.29) is 6.04 Å². The average molecular weight is 309 g/mol. The van der Waals surface area contributed by atoms with Crippen molar-refractivity contribution in [2.75, 3.05) is 0 Å². The molecule has 0 aliphatic rings. The Kier molecular flexibility index (Phi) is 4.22. The summed E-state index contributed by atoms with van der Waals surface area (Å²) in [7, 11) is 0. The van der Waals surface area contributed by atoms with Crippen LogP contribution in [0.15, 0.2) is 45.3 Å². The summed E-state index contributed by atoms with van der Waals surface area (Å²) in [6, 6.07) is 7.97. The van der Waals surface area contributed by atoms with Crippen LogP contribution in [-0.4, -0.2) is 0 Å². The molecule has 3 nitrogen and oxygen atoms in total. The van der Waals surface area contributed by atoms with Gasteiger partial charge in [-0.05, 0) is 40.9 Å². The highest BCUT2D eigenvalue weighted by atomic mass is 79.9. The van der Waals surface area contributed by atoms with E-state index in [1.54, 1.807) is 0 Å². The van der Waals surface area contributed by atoms with Gasteiger partial charge in [-0.15, -0.1) is 0 Å². The fourth-order valence-corrected chi connectivity index (χ4v) is 2.36. The van der Waals surface area contributed by atoms with E-state index in [4.69, 9.17) is 10.3 Å². The van der Waals surface area contributed by atoms with Crippen molar-refractivity contribution in [1.82, 2.24) is 5.43 Å². The molecule has 1 heterocycles. The fourth-order valence-electron chi connectivity index (χ4n) is 1.89. The summed E-state index contributed by atoms with van der Waals surface area (Å²) in [4.78, 5) is 0. The topological polar surface area (TPSA) is 51.2 Å². The lowest BCUT2D eigenvalue weighted by molar-refractivity contribution is 0.431. The molecule has 1 aromatic heterocycles. The van der Waals surface area contributed by atoms with E-state index in [1.165, 1.54) is 0 Å². The van der Waals surface area contributed by atoms with Gasteiger partial charge in [0, 0.05) is 5.39 Å². The van der Waals surface area contributed by atoms with Crippen molar-refractivity contribution >= 4 is 26.9 Å². The number of hydrazine groups is 1. The third-order valence-corrected chi connectivity index (χ3v) is 3.68. The number of benzene rings is 1. The first kappa shape index (κ1) is 13.3. The predicted octanol–water partition coefficient (Wildman–Crippen LogP) is 4.06. The molecule has 0 fully saturated rings. The van der Waals surface area contributed by atoms with Gasteiger partial charge in [0.15, 0.2) is 0 Å². The molecule has 0 spiro atoms. The second kappa shape index (κ2) is 5.69. The van der Waals surface area contributed by atoms with E-state index in [2.05, 4.69) is 34.9 Å². The summed E-state index contributed by atoms with van der Waals surface area (Å²) >= 11 is 3.48. The highest BCUT2D eigenvalue weighted by Gasteiger charge is 2.16. The molecule has 0 bridgehead atoms. The monoisotopic (exact) mass is 308 g/mol. The van der Waals surface area contributed by atoms with Crippen LogP contribution in [0.5, 0.6) is 0 Å². The molecule has 0 amide bonds. The molecule has 2 aromatic rings. The number of rotatable bonds is 5. The second-order valence-electron chi connectivity index (χ2n) is 4.33. The summed E-state index contributed by atoms with van der Waals surface area (Å²) in [5, 5.41) is 1.07. The molecule has 0 radical (unpaired) electrons. The Balaban J connectivity index is 2.34. The number of hydrogen-bond donors (Lipinski definition) is 2. The molecule has 18 heavy (non-hydrogen) atoms. The van der Waals surface area contributed by atoms with Crippen molar-refractivity contribution in [3.63, 3.8) is 0 Å². The molecule has 1 unspecified atom stereocenters. The molecular weight excluding hydrogens is 292 g/mol. The minimum Gasteiger partial charge on any atom is -0.458 e. The van der Waals surface area contributed by atoms with Crippen LogP contribution in [0.3, 0.4) is 0 Å². The van der Waals surface area contributed by atoms with E-state index in [0.29, 0.717) is 0 Å².